The Labute approximate surface area is 191 Å². The maximum Gasteiger partial charge on any atom is 0.270 e. The second-order valence-electron chi connectivity index (χ2n) is 9.50. The summed E-state index contributed by atoms with van der Waals surface area (Å²) in [6.45, 7) is 8.93. The van der Waals surface area contributed by atoms with Crippen molar-refractivity contribution in [3.8, 4) is 11.5 Å². The number of aryl methyl sites for hydroxylation is 1. The van der Waals surface area contributed by atoms with E-state index in [-0.39, 0.29) is 5.54 Å². The third-order valence-corrected chi connectivity index (χ3v) is 5.80. The van der Waals surface area contributed by atoms with Crippen LogP contribution in [0, 0.1) is 6.92 Å². The largest absolute Gasteiger partial charge is 0.486 e. The van der Waals surface area contributed by atoms with Crippen molar-refractivity contribution in [2.75, 3.05) is 13.2 Å². The van der Waals surface area contributed by atoms with E-state index in [4.69, 9.17) is 14.5 Å². The van der Waals surface area contributed by atoms with Gasteiger partial charge in [-0.05, 0) is 64.8 Å². The number of pyridine rings is 1. The Bertz CT molecular complexity index is 1270. The summed E-state index contributed by atoms with van der Waals surface area (Å²) >= 11 is 0. The van der Waals surface area contributed by atoms with Gasteiger partial charge in [0.25, 0.3) is 11.8 Å². The molecule has 0 spiro atoms. The van der Waals surface area contributed by atoms with Gasteiger partial charge < -0.3 is 9.47 Å². The first-order valence-corrected chi connectivity index (χ1v) is 11.1. The molecule has 3 heterocycles. The second kappa shape index (κ2) is 7.75. The number of nitrogens with one attached hydrogen (secondary N) is 2. The maximum atomic E-state index is 13.2. The van der Waals surface area contributed by atoms with Crippen molar-refractivity contribution < 1.29 is 19.1 Å². The van der Waals surface area contributed by atoms with Gasteiger partial charge in [-0.2, -0.15) is 5.10 Å². The van der Waals surface area contributed by atoms with E-state index >= 15 is 0 Å². The molecule has 2 aromatic heterocycles. The first-order valence-electron chi connectivity index (χ1n) is 11.1. The normalized spacial score (nSPS) is 15.4. The molecule has 33 heavy (non-hydrogen) atoms. The van der Waals surface area contributed by atoms with Crippen LogP contribution in [-0.4, -0.2) is 39.8 Å². The first-order chi connectivity index (χ1) is 15.7. The predicted octanol–water partition coefficient (Wildman–Crippen LogP) is 3.22. The fourth-order valence-corrected chi connectivity index (χ4v) is 3.98. The Kier molecular flexibility index (Phi) is 4.99. The highest BCUT2D eigenvalue weighted by Gasteiger charge is 2.30. The predicted molar refractivity (Wildman–Crippen MR) is 122 cm³/mol. The molecule has 1 aliphatic carbocycles. The van der Waals surface area contributed by atoms with E-state index in [2.05, 4.69) is 36.7 Å². The number of hydrogen-bond donors (Lipinski definition) is 2. The summed E-state index contributed by atoms with van der Waals surface area (Å²) in [5.41, 5.74) is 7.88. The van der Waals surface area contributed by atoms with E-state index in [0.29, 0.717) is 52.8 Å². The molecule has 0 bridgehead atoms. The van der Waals surface area contributed by atoms with Gasteiger partial charge >= 0.3 is 0 Å². The van der Waals surface area contributed by atoms with Crippen molar-refractivity contribution in [3.63, 3.8) is 0 Å². The lowest BCUT2D eigenvalue weighted by Crippen LogP contribution is -2.41. The quantitative estimate of drug-likeness (QED) is 0.595. The third kappa shape index (κ3) is 3.99. The van der Waals surface area contributed by atoms with Gasteiger partial charge in [-0.1, -0.05) is 0 Å². The van der Waals surface area contributed by atoms with Gasteiger partial charge in [-0.15, -0.1) is 0 Å². The van der Waals surface area contributed by atoms with Crippen molar-refractivity contribution in [3.05, 3.63) is 46.8 Å². The number of nitrogens with zero attached hydrogens (tertiary/aromatic N) is 3. The summed E-state index contributed by atoms with van der Waals surface area (Å²) in [5, 5.41) is 5.36. The lowest BCUT2D eigenvalue weighted by atomic mass is 10.1. The molecule has 0 saturated heterocycles. The Balaban J connectivity index is 1.42. The maximum absolute atomic E-state index is 13.2. The minimum Gasteiger partial charge on any atom is -0.486 e. The number of hydrogen-bond acceptors (Lipinski definition) is 6. The van der Waals surface area contributed by atoms with E-state index in [1.165, 1.54) is 0 Å². The molecule has 2 N–H and O–H groups in total. The topological polar surface area (TPSA) is 107 Å². The number of carbonyl (C=O) groups is 2. The van der Waals surface area contributed by atoms with Crippen LogP contribution in [0.3, 0.4) is 0 Å². The minimum atomic E-state index is -0.449. The van der Waals surface area contributed by atoms with Gasteiger partial charge in [0, 0.05) is 17.2 Å². The molecule has 0 unspecified atom stereocenters. The molecule has 3 aromatic rings. The van der Waals surface area contributed by atoms with Gasteiger partial charge in [-0.25, -0.2) is 9.67 Å². The Hall–Kier alpha value is -3.62. The molecule has 2 aliphatic rings. The average Bonchev–Trinajstić information content (AvgIpc) is 3.59. The molecule has 1 aliphatic heterocycles. The fraction of sp³-hybridized carbons (Fsp3) is 0.417. The molecule has 0 radical (unpaired) electrons. The van der Waals surface area contributed by atoms with Gasteiger partial charge in [0.05, 0.1) is 22.2 Å². The van der Waals surface area contributed by atoms with E-state index in [1.54, 1.807) is 18.2 Å². The summed E-state index contributed by atoms with van der Waals surface area (Å²) < 4.78 is 12.9. The molecule has 9 nitrogen and oxygen atoms in total. The number of aromatic nitrogens is 3. The number of amides is 2. The molecule has 1 aromatic carbocycles. The third-order valence-electron chi connectivity index (χ3n) is 5.80. The SMILES string of the molecule is Cc1nn(C(C)(C)C)c2nc(C3CC3)cc(C(=O)NNC(=O)c3ccc4c(c3)OCCO4)c12. The van der Waals surface area contributed by atoms with E-state index in [9.17, 15) is 9.59 Å². The number of benzene rings is 1. The minimum absolute atomic E-state index is 0.290. The number of carbonyl (C=O) groups excluding carboxylic acids is 2. The number of fused-ring (bicyclic) bond motifs is 2. The summed E-state index contributed by atoms with van der Waals surface area (Å²) in [6.07, 6.45) is 2.12. The van der Waals surface area contributed by atoms with Crippen LogP contribution >= 0.6 is 0 Å². The Morgan fingerprint density at radius 1 is 1.03 bits per heavy atom. The van der Waals surface area contributed by atoms with Crippen LogP contribution in [0.1, 0.15) is 71.6 Å². The van der Waals surface area contributed by atoms with Gasteiger partial charge in [0.1, 0.15) is 13.2 Å². The van der Waals surface area contributed by atoms with Crippen LogP contribution < -0.4 is 20.3 Å². The second-order valence-corrected chi connectivity index (χ2v) is 9.50. The molecule has 1 saturated carbocycles. The molecular weight excluding hydrogens is 422 g/mol. The highest BCUT2D eigenvalue weighted by Crippen LogP contribution is 2.41. The van der Waals surface area contributed by atoms with E-state index < -0.39 is 11.8 Å². The number of ether oxygens (including phenoxy) is 2. The van der Waals surface area contributed by atoms with Crippen molar-refractivity contribution in [1.82, 2.24) is 25.6 Å². The van der Waals surface area contributed by atoms with Crippen molar-refractivity contribution in [1.29, 1.82) is 0 Å². The van der Waals surface area contributed by atoms with Gasteiger partial charge in [-0.3, -0.25) is 20.4 Å². The summed E-state index contributed by atoms with van der Waals surface area (Å²) in [6, 6.07) is 6.74. The molecule has 172 valence electrons. The lowest BCUT2D eigenvalue weighted by Gasteiger charge is -2.20. The molecule has 9 heteroatoms. The highest BCUT2D eigenvalue weighted by atomic mass is 16.6. The Morgan fingerprint density at radius 3 is 2.42 bits per heavy atom. The zero-order valence-corrected chi connectivity index (χ0v) is 19.2. The Morgan fingerprint density at radius 2 is 1.73 bits per heavy atom. The zero-order valence-electron chi connectivity index (χ0n) is 19.2. The van der Waals surface area contributed by atoms with Crippen molar-refractivity contribution >= 4 is 22.8 Å². The lowest BCUT2D eigenvalue weighted by molar-refractivity contribution is 0.0847. The summed E-state index contributed by atoms with van der Waals surface area (Å²) in [5.74, 6) is 0.606. The van der Waals surface area contributed by atoms with E-state index in [0.717, 1.165) is 24.2 Å². The van der Waals surface area contributed by atoms with Gasteiger partial charge in [0.2, 0.25) is 0 Å². The van der Waals surface area contributed by atoms with Crippen LogP contribution in [0.5, 0.6) is 11.5 Å². The molecule has 0 atom stereocenters. The average molecular weight is 450 g/mol. The number of rotatable bonds is 3. The molecule has 2 amide bonds. The standard InChI is InChI=1S/C24H27N5O4/c1-13-20-16(12-17(14-5-6-14)25-21(20)29(28-13)24(2,3)4)23(31)27-26-22(30)15-7-8-18-19(11-15)33-10-9-32-18/h7-8,11-12,14H,5-6,9-10H2,1-4H3,(H,26,30)(H,27,31). The summed E-state index contributed by atoms with van der Waals surface area (Å²) in [7, 11) is 0. The monoisotopic (exact) mass is 449 g/mol. The fourth-order valence-electron chi connectivity index (χ4n) is 3.98. The van der Waals surface area contributed by atoms with E-state index in [1.807, 2.05) is 17.7 Å². The molecule has 5 rings (SSSR count). The molecular formula is C24H27N5O4. The zero-order chi connectivity index (χ0) is 23.3. The van der Waals surface area contributed by atoms with Crippen LogP contribution in [0.4, 0.5) is 0 Å². The molecule has 1 fully saturated rings. The number of hydrazine groups is 1. The van der Waals surface area contributed by atoms with Gasteiger partial charge in [0.15, 0.2) is 17.1 Å². The van der Waals surface area contributed by atoms with Crippen LogP contribution in [0.2, 0.25) is 0 Å². The summed E-state index contributed by atoms with van der Waals surface area (Å²) in [4.78, 5) is 30.7. The smallest absolute Gasteiger partial charge is 0.270 e. The van der Waals surface area contributed by atoms with Crippen LogP contribution in [-0.2, 0) is 5.54 Å². The van der Waals surface area contributed by atoms with Crippen molar-refractivity contribution in [2.45, 2.75) is 52.0 Å². The highest BCUT2D eigenvalue weighted by molar-refractivity contribution is 6.07. The van der Waals surface area contributed by atoms with Crippen LogP contribution in [0.25, 0.3) is 11.0 Å². The van der Waals surface area contributed by atoms with Crippen LogP contribution in [0.15, 0.2) is 24.3 Å². The first kappa shape index (κ1) is 21.2. The van der Waals surface area contributed by atoms with Crippen molar-refractivity contribution in [2.24, 2.45) is 0 Å².